The second kappa shape index (κ2) is 10.7. The maximum Gasteiger partial charge on any atom is 0.193 e. The van der Waals surface area contributed by atoms with Crippen molar-refractivity contribution in [2.24, 2.45) is 10.9 Å². The van der Waals surface area contributed by atoms with Crippen molar-refractivity contribution < 1.29 is 14.2 Å². The van der Waals surface area contributed by atoms with Gasteiger partial charge in [-0.2, -0.15) is 0 Å². The molecular weight excluding hydrogens is 366 g/mol. The molecule has 6 nitrogen and oxygen atoms in total. The first-order valence-corrected chi connectivity index (χ1v) is 10.0. The maximum atomic E-state index is 5.93. The van der Waals surface area contributed by atoms with Gasteiger partial charge < -0.3 is 24.4 Å². The summed E-state index contributed by atoms with van der Waals surface area (Å²) in [5, 5.41) is 3.46. The van der Waals surface area contributed by atoms with Crippen LogP contribution in [0.2, 0.25) is 0 Å². The number of nitrogens with zero attached hydrogens (tertiary/aromatic N) is 2. The number of hydrogen-bond donors (Lipinski definition) is 1. The average molecular weight is 398 g/mol. The van der Waals surface area contributed by atoms with Gasteiger partial charge in [0, 0.05) is 32.6 Å². The Morgan fingerprint density at radius 2 is 1.86 bits per heavy atom. The molecule has 1 unspecified atom stereocenters. The first-order chi connectivity index (χ1) is 14.2. The van der Waals surface area contributed by atoms with Crippen molar-refractivity contribution in [1.29, 1.82) is 0 Å². The summed E-state index contributed by atoms with van der Waals surface area (Å²) in [7, 11) is 5.12. The summed E-state index contributed by atoms with van der Waals surface area (Å²) in [6.45, 7) is 4.08. The quantitative estimate of drug-likeness (QED) is 0.547. The molecule has 0 bridgehead atoms. The lowest BCUT2D eigenvalue weighted by Gasteiger charge is -2.22. The first kappa shape index (κ1) is 21.0. The van der Waals surface area contributed by atoms with Crippen molar-refractivity contribution in [1.82, 2.24) is 10.2 Å². The number of rotatable bonds is 8. The van der Waals surface area contributed by atoms with E-state index in [1.807, 2.05) is 43.4 Å². The van der Waals surface area contributed by atoms with Gasteiger partial charge in [-0.15, -0.1) is 0 Å². The van der Waals surface area contributed by atoms with E-state index in [0.717, 1.165) is 49.1 Å². The van der Waals surface area contributed by atoms with Gasteiger partial charge in [0.2, 0.25) is 0 Å². The van der Waals surface area contributed by atoms with E-state index in [1.54, 1.807) is 14.2 Å². The molecule has 0 amide bonds. The van der Waals surface area contributed by atoms with Crippen molar-refractivity contribution in [2.75, 3.05) is 41.0 Å². The van der Waals surface area contributed by atoms with Gasteiger partial charge in [0.05, 0.1) is 27.4 Å². The molecule has 3 rings (SSSR count). The summed E-state index contributed by atoms with van der Waals surface area (Å²) in [5.41, 5.74) is 2.33. The summed E-state index contributed by atoms with van der Waals surface area (Å²) in [4.78, 5) is 6.76. The Hall–Kier alpha value is -2.73. The second-order valence-electron chi connectivity index (χ2n) is 7.19. The van der Waals surface area contributed by atoms with Gasteiger partial charge in [-0.3, -0.25) is 4.99 Å². The Bertz CT molecular complexity index is 795. The van der Waals surface area contributed by atoms with Crippen molar-refractivity contribution in [2.45, 2.75) is 19.6 Å². The van der Waals surface area contributed by atoms with Crippen molar-refractivity contribution in [3.63, 3.8) is 0 Å². The highest BCUT2D eigenvalue weighted by atomic mass is 16.5. The van der Waals surface area contributed by atoms with Crippen LogP contribution >= 0.6 is 0 Å². The third-order valence-electron chi connectivity index (χ3n) is 5.16. The highest BCUT2D eigenvalue weighted by molar-refractivity contribution is 5.80. The number of hydrogen-bond acceptors (Lipinski definition) is 4. The van der Waals surface area contributed by atoms with E-state index < -0.39 is 0 Å². The highest BCUT2D eigenvalue weighted by Crippen LogP contribution is 2.27. The van der Waals surface area contributed by atoms with Crippen LogP contribution in [0.5, 0.6) is 11.5 Å². The molecular formula is C23H31N3O3. The molecule has 1 fully saturated rings. The van der Waals surface area contributed by atoms with Crippen LogP contribution in [-0.2, 0) is 17.9 Å². The van der Waals surface area contributed by atoms with Crippen molar-refractivity contribution in [3.05, 3.63) is 59.7 Å². The standard InChI is InChI=1S/C23H31N3O3/c1-24-23(25-14-19-9-10-21(27-2)22(13-19)28-3)26-12-11-20(15-26)17-29-16-18-7-5-4-6-8-18/h4-10,13,20H,11-12,14-17H2,1-3H3,(H,24,25). The van der Waals surface area contributed by atoms with E-state index in [2.05, 4.69) is 27.3 Å². The van der Waals surface area contributed by atoms with Crippen LogP contribution in [0.15, 0.2) is 53.5 Å². The second-order valence-corrected chi connectivity index (χ2v) is 7.19. The zero-order valence-corrected chi connectivity index (χ0v) is 17.6. The van der Waals surface area contributed by atoms with E-state index in [0.29, 0.717) is 19.1 Å². The number of nitrogens with one attached hydrogen (secondary N) is 1. The van der Waals surface area contributed by atoms with Crippen LogP contribution in [0.3, 0.4) is 0 Å². The monoisotopic (exact) mass is 397 g/mol. The van der Waals surface area contributed by atoms with Gasteiger partial charge >= 0.3 is 0 Å². The lowest BCUT2D eigenvalue weighted by Crippen LogP contribution is -2.39. The van der Waals surface area contributed by atoms with Crippen molar-refractivity contribution in [3.8, 4) is 11.5 Å². The number of ether oxygens (including phenoxy) is 3. The summed E-state index contributed by atoms with van der Waals surface area (Å²) in [6.07, 6.45) is 1.12. The number of methoxy groups -OCH3 is 2. The molecule has 1 aliphatic heterocycles. The Balaban J connectivity index is 1.46. The largest absolute Gasteiger partial charge is 0.493 e. The van der Waals surface area contributed by atoms with Crippen molar-refractivity contribution >= 4 is 5.96 Å². The molecule has 156 valence electrons. The van der Waals surface area contributed by atoms with Crippen LogP contribution in [0.25, 0.3) is 0 Å². The fraction of sp³-hybridized carbons (Fsp3) is 0.435. The number of benzene rings is 2. The minimum absolute atomic E-state index is 0.526. The van der Waals surface area contributed by atoms with Crippen LogP contribution in [0.1, 0.15) is 17.5 Å². The summed E-state index contributed by atoms with van der Waals surface area (Å²) in [6, 6.07) is 16.3. The summed E-state index contributed by atoms with van der Waals surface area (Å²) >= 11 is 0. The molecule has 1 aliphatic rings. The van der Waals surface area contributed by atoms with Crippen LogP contribution in [0.4, 0.5) is 0 Å². The van der Waals surface area contributed by atoms with Gasteiger partial charge in [0.15, 0.2) is 17.5 Å². The van der Waals surface area contributed by atoms with Gasteiger partial charge in [0.1, 0.15) is 0 Å². The fourth-order valence-electron chi connectivity index (χ4n) is 3.58. The predicted octanol–water partition coefficient (Wildman–Crippen LogP) is 3.32. The minimum Gasteiger partial charge on any atom is -0.493 e. The molecule has 0 saturated carbocycles. The van der Waals surface area contributed by atoms with Crippen LogP contribution in [-0.4, -0.2) is 51.8 Å². The minimum atomic E-state index is 0.526. The zero-order valence-electron chi connectivity index (χ0n) is 17.6. The molecule has 2 aromatic rings. The summed E-state index contributed by atoms with van der Waals surface area (Å²) < 4.78 is 16.6. The Morgan fingerprint density at radius 1 is 1.07 bits per heavy atom. The van der Waals surface area contributed by atoms with E-state index in [1.165, 1.54) is 5.56 Å². The predicted molar refractivity (Wildman–Crippen MR) is 116 cm³/mol. The number of guanidine groups is 1. The Kier molecular flexibility index (Phi) is 7.76. The maximum absolute atomic E-state index is 5.93. The molecule has 29 heavy (non-hydrogen) atoms. The third kappa shape index (κ3) is 5.87. The smallest absolute Gasteiger partial charge is 0.193 e. The Labute approximate surface area is 173 Å². The third-order valence-corrected chi connectivity index (χ3v) is 5.16. The van der Waals surface area contributed by atoms with Gasteiger partial charge in [-0.05, 0) is 29.7 Å². The summed E-state index contributed by atoms with van der Waals surface area (Å²) in [5.74, 6) is 2.92. The highest BCUT2D eigenvalue weighted by Gasteiger charge is 2.25. The van der Waals surface area contributed by atoms with E-state index in [9.17, 15) is 0 Å². The Morgan fingerprint density at radius 3 is 2.59 bits per heavy atom. The zero-order chi connectivity index (χ0) is 20.5. The topological polar surface area (TPSA) is 55.3 Å². The van der Waals surface area contributed by atoms with E-state index >= 15 is 0 Å². The van der Waals surface area contributed by atoms with E-state index in [4.69, 9.17) is 14.2 Å². The normalized spacial score (nSPS) is 16.7. The first-order valence-electron chi connectivity index (χ1n) is 10.0. The SMILES string of the molecule is CN=C(NCc1ccc(OC)c(OC)c1)N1CCC(COCc2ccccc2)C1. The molecule has 1 heterocycles. The molecule has 0 aromatic heterocycles. The van der Waals surface area contributed by atoms with Gasteiger partial charge in [0.25, 0.3) is 0 Å². The van der Waals surface area contributed by atoms with Crippen LogP contribution in [0, 0.1) is 5.92 Å². The molecule has 0 aliphatic carbocycles. The van der Waals surface area contributed by atoms with Gasteiger partial charge in [-0.25, -0.2) is 0 Å². The molecule has 1 saturated heterocycles. The van der Waals surface area contributed by atoms with Crippen LogP contribution < -0.4 is 14.8 Å². The molecule has 0 radical (unpaired) electrons. The number of likely N-dealkylation sites (tertiary alicyclic amines) is 1. The molecule has 2 aromatic carbocycles. The molecule has 0 spiro atoms. The fourth-order valence-corrected chi connectivity index (χ4v) is 3.58. The molecule has 1 atom stereocenters. The molecule has 6 heteroatoms. The average Bonchev–Trinajstić information content (AvgIpc) is 3.23. The lowest BCUT2D eigenvalue weighted by molar-refractivity contribution is 0.0906. The molecule has 1 N–H and O–H groups in total. The lowest BCUT2D eigenvalue weighted by atomic mass is 10.1. The number of aliphatic imine (C=N–C) groups is 1. The van der Waals surface area contributed by atoms with E-state index in [-0.39, 0.29) is 0 Å². The van der Waals surface area contributed by atoms with Gasteiger partial charge in [-0.1, -0.05) is 36.4 Å².